The van der Waals surface area contributed by atoms with E-state index in [4.69, 9.17) is 26.8 Å². The number of rotatable bonds is 7. The van der Waals surface area contributed by atoms with Gasteiger partial charge in [-0.1, -0.05) is 18.5 Å². The lowest BCUT2D eigenvalue weighted by Crippen LogP contribution is -2.39. The van der Waals surface area contributed by atoms with E-state index in [2.05, 4.69) is 10.3 Å². The number of benzene rings is 1. The smallest absolute Gasteiger partial charge is 0.410 e. The molecular weight excluding hydrogens is 356 g/mol. The summed E-state index contributed by atoms with van der Waals surface area (Å²) in [5.74, 6) is 0.826. The second-order valence-electron chi connectivity index (χ2n) is 6.71. The number of guanidine groups is 1. The normalized spacial score (nSPS) is 11.8. The number of carbonyl (C=O) groups excluding carboxylic acids is 1. The van der Waals surface area contributed by atoms with Crippen LogP contribution in [0, 0.1) is 0 Å². The Labute approximate surface area is 160 Å². The van der Waals surface area contributed by atoms with Crippen LogP contribution in [0.4, 0.5) is 10.5 Å². The van der Waals surface area contributed by atoms with Crippen LogP contribution in [0.25, 0.3) is 0 Å². The topological polar surface area (TPSA) is 89.2 Å². The molecule has 0 aliphatic rings. The molecule has 0 bridgehead atoms. The molecule has 1 amide bonds. The first kappa shape index (κ1) is 21.9. The van der Waals surface area contributed by atoms with Crippen molar-refractivity contribution in [3.8, 4) is 5.75 Å². The fraction of sp³-hybridized carbons (Fsp3) is 0.556. The van der Waals surface area contributed by atoms with Crippen LogP contribution in [0.3, 0.4) is 0 Å². The first-order chi connectivity index (χ1) is 12.2. The van der Waals surface area contributed by atoms with Crippen LogP contribution >= 0.6 is 11.6 Å². The van der Waals surface area contributed by atoms with E-state index < -0.39 is 5.60 Å². The van der Waals surface area contributed by atoms with Crippen molar-refractivity contribution in [1.29, 1.82) is 0 Å². The lowest BCUT2D eigenvalue weighted by Gasteiger charge is -2.26. The highest BCUT2D eigenvalue weighted by atomic mass is 35.5. The standard InChI is InChI=1S/C18H29ClN4O3/c1-6-10-23(17(24)26-18(2,3)4)11-9-21-16(20)22-13-7-8-15(25-5)14(19)12-13/h7-8,12H,6,9-11H2,1-5H3,(H3,20,21,22). The minimum absolute atomic E-state index is 0.242. The molecular formula is C18H29ClN4O3. The SMILES string of the molecule is CCCN(CCN=C(N)Nc1ccc(OC)c(Cl)c1)C(=O)OC(C)(C)C. The Bertz CT molecular complexity index is 629. The highest BCUT2D eigenvalue weighted by molar-refractivity contribution is 6.32. The highest BCUT2D eigenvalue weighted by Gasteiger charge is 2.21. The van der Waals surface area contributed by atoms with Gasteiger partial charge in [-0.05, 0) is 45.4 Å². The van der Waals surface area contributed by atoms with Crippen molar-refractivity contribution < 1.29 is 14.3 Å². The number of hydrogen-bond acceptors (Lipinski definition) is 4. The molecule has 3 N–H and O–H groups in total. The van der Waals surface area contributed by atoms with Crippen molar-refractivity contribution in [3.63, 3.8) is 0 Å². The second-order valence-corrected chi connectivity index (χ2v) is 7.12. The minimum atomic E-state index is -0.527. The van der Waals surface area contributed by atoms with Gasteiger partial charge in [0.05, 0.1) is 18.7 Å². The Morgan fingerprint density at radius 2 is 2.04 bits per heavy atom. The number of halogens is 1. The zero-order valence-electron chi connectivity index (χ0n) is 16.1. The third-order valence-electron chi connectivity index (χ3n) is 3.22. The molecule has 0 saturated heterocycles. The number of aliphatic imine (C=N–C) groups is 1. The molecule has 0 aliphatic carbocycles. The average Bonchev–Trinajstić information content (AvgIpc) is 2.52. The lowest BCUT2D eigenvalue weighted by atomic mass is 10.2. The Kier molecular flexibility index (Phi) is 8.51. The van der Waals surface area contributed by atoms with E-state index in [0.717, 1.165) is 6.42 Å². The van der Waals surface area contributed by atoms with Gasteiger partial charge in [0.15, 0.2) is 5.96 Å². The van der Waals surface area contributed by atoms with Crippen LogP contribution < -0.4 is 15.8 Å². The molecule has 0 radical (unpaired) electrons. The molecule has 1 aromatic rings. The van der Waals surface area contributed by atoms with E-state index in [1.54, 1.807) is 30.2 Å². The van der Waals surface area contributed by atoms with E-state index in [9.17, 15) is 4.79 Å². The zero-order chi connectivity index (χ0) is 19.7. The predicted molar refractivity (Wildman–Crippen MR) is 106 cm³/mol. The van der Waals surface area contributed by atoms with E-state index >= 15 is 0 Å². The maximum atomic E-state index is 12.2. The van der Waals surface area contributed by atoms with Gasteiger partial charge in [-0.3, -0.25) is 4.99 Å². The van der Waals surface area contributed by atoms with Gasteiger partial charge >= 0.3 is 6.09 Å². The zero-order valence-corrected chi connectivity index (χ0v) is 16.9. The monoisotopic (exact) mass is 384 g/mol. The van der Waals surface area contributed by atoms with Gasteiger partial charge < -0.3 is 25.4 Å². The van der Waals surface area contributed by atoms with Gasteiger partial charge in [-0.2, -0.15) is 0 Å². The molecule has 1 aromatic carbocycles. The summed E-state index contributed by atoms with van der Waals surface area (Å²) in [4.78, 5) is 18.1. The number of methoxy groups -OCH3 is 1. The maximum absolute atomic E-state index is 12.2. The van der Waals surface area contributed by atoms with Gasteiger partial charge in [0, 0.05) is 18.8 Å². The van der Waals surface area contributed by atoms with E-state index in [-0.39, 0.29) is 12.1 Å². The summed E-state index contributed by atoms with van der Waals surface area (Å²) in [7, 11) is 1.55. The van der Waals surface area contributed by atoms with E-state index in [1.807, 2.05) is 27.7 Å². The van der Waals surface area contributed by atoms with Gasteiger partial charge in [0.2, 0.25) is 0 Å². The fourth-order valence-corrected chi connectivity index (χ4v) is 2.37. The predicted octanol–water partition coefficient (Wildman–Crippen LogP) is 3.72. The summed E-state index contributed by atoms with van der Waals surface area (Å²) < 4.78 is 10.5. The summed E-state index contributed by atoms with van der Waals surface area (Å²) >= 11 is 6.08. The van der Waals surface area contributed by atoms with Gasteiger partial charge in [0.25, 0.3) is 0 Å². The summed E-state index contributed by atoms with van der Waals surface area (Å²) in [6, 6.07) is 5.23. The van der Waals surface area contributed by atoms with Gasteiger partial charge in [-0.15, -0.1) is 0 Å². The van der Waals surface area contributed by atoms with Crippen molar-refractivity contribution in [1.82, 2.24) is 4.90 Å². The number of nitrogens with zero attached hydrogens (tertiary/aromatic N) is 2. The molecule has 0 saturated carbocycles. The third-order valence-corrected chi connectivity index (χ3v) is 3.52. The molecule has 0 fully saturated rings. The van der Waals surface area contributed by atoms with Crippen LogP contribution in [0.2, 0.25) is 5.02 Å². The third kappa shape index (κ3) is 7.82. The van der Waals surface area contributed by atoms with Crippen molar-refractivity contribution >= 4 is 29.3 Å². The van der Waals surface area contributed by atoms with Crippen LogP contribution in [-0.2, 0) is 4.74 Å². The number of carbonyl (C=O) groups is 1. The average molecular weight is 385 g/mol. The lowest BCUT2D eigenvalue weighted by molar-refractivity contribution is 0.0256. The van der Waals surface area contributed by atoms with E-state index in [0.29, 0.717) is 36.1 Å². The largest absolute Gasteiger partial charge is 0.495 e. The number of ether oxygens (including phenoxy) is 2. The molecule has 0 unspecified atom stereocenters. The van der Waals surface area contributed by atoms with Gasteiger partial charge in [-0.25, -0.2) is 4.79 Å². The highest BCUT2D eigenvalue weighted by Crippen LogP contribution is 2.27. The Balaban J connectivity index is 2.61. The van der Waals surface area contributed by atoms with E-state index in [1.165, 1.54) is 0 Å². The number of hydrogen-bond donors (Lipinski definition) is 2. The van der Waals surface area contributed by atoms with Crippen molar-refractivity contribution in [2.75, 3.05) is 32.1 Å². The Morgan fingerprint density at radius 1 is 1.35 bits per heavy atom. The number of anilines is 1. The second kappa shape index (κ2) is 10.1. The molecule has 0 aliphatic heterocycles. The molecule has 0 spiro atoms. The molecule has 26 heavy (non-hydrogen) atoms. The molecule has 1 rings (SSSR count). The van der Waals surface area contributed by atoms with Crippen LogP contribution in [-0.4, -0.2) is 49.3 Å². The van der Waals surface area contributed by atoms with Gasteiger partial charge in [0.1, 0.15) is 11.4 Å². The summed E-state index contributed by atoms with van der Waals surface area (Å²) in [5.41, 5.74) is 6.07. The first-order valence-electron chi connectivity index (χ1n) is 8.54. The van der Waals surface area contributed by atoms with Crippen molar-refractivity contribution in [2.45, 2.75) is 39.7 Å². The summed E-state index contributed by atoms with van der Waals surface area (Å²) in [5, 5.41) is 3.44. The number of amides is 1. The molecule has 0 heterocycles. The molecule has 8 heteroatoms. The molecule has 0 aromatic heterocycles. The minimum Gasteiger partial charge on any atom is -0.495 e. The quantitative estimate of drug-likeness (QED) is 0.552. The van der Waals surface area contributed by atoms with Crippen LogP contribution in [0.5, 0.6) is 5.75 Å². The summed E-state index contributed by atoms with van der Waals surface area (Å²) in [6.45, 7) is 8.92. The molecule has 7 nitrogen and oxygen atoms in total. The van der Waals surface area contributed by atoms with Crippen LogP contribution in [0.15, 0.2) is 23.2 Å². The Hall–Kier alpha value is -2.15. The molecule has 146 valence electrons. The summed E-state index contributed by atoms with van der Waals surface area (Å²) in [6.07, 6.45) is 0.490. The van der Waals surface area contributed by atoms with Crippen LogP contribution in [0.1, 0.15) is 34.1 Å². The molecule has 0 atom stereocenters. The number of nitrogens with two attached hydrogens (primary N) is 1. The van der Waals surface area contributed by atoms with Crippen molar-refractivity contribution in [3.05, 3.63) is 23.2 Å². The fourth-order valence-electron chi connectivity index (χ4n) is 2.11. The van der Waals surface area contributed by atoms with Crippen molar-refractivity contribution in [2.24, 2.45) is 10.7 Å². The maximum Gasteiger partial charge on any atom is 0.410 e. The first-order valence-corrected chi connectivity index (χ1v) is 8.92. The Morgan fingerprint density at radius 3 is 2.58 bits per heavy atom. The number of nitrogens with one attached hydrogen (secondary N) is 1.